The first kappa shape index (κ1) is 15.9. The molecule has 1 aromatic heterocycles. The number of nitrogens with one attached hydrogen (secondary N) is 1. The number of nitrogens with zero attached hydrogens (tertiary/aromatic N) is 1. The monoisotopic (exact) mass is 326 g/mol. The fourth-order valence-corrected chi connectivity index (χ4v) is 4.31. The Morgan fingerprint density at radius 3 is 2.67 bits per heavy atom. The summed E-state index contributed by atoms with van der Waals surface area (Å²) < 4.78 is 26.9. The van der Waals surface area contributed by atoms with E-state index in [-0.39, 0.29) is 12.4 Å². The molecule has 0 bridgehead atoms. The molecule has 5 nitrogen and oxygen atoms in total. The van der Waals surface area contributed by atoms with Gasteiger partial charge in [0.05, 0.1) is 18.1 Å². The maximum Gasteiger partial charge on any atom is 0.238 e. The van der Waals surface area contributed by atoms with Gasteiger partial charge in [0.1, 0.15) is 0 Å². The van der Waals surface area contributed by atoms with Crippen molar-refractivity contribution in [2.24, 2.45) is 0 Å². The quantitative estimate of drug-likeness (QED) is 0.854. The molecule has 1 heterocycles. The molecule has 0 aliphatic heterocycles. The van der Waals surface area contributed by atoms with Crippen molar-refractivity contribution in [2.45, 2.75) is 32.6 Å². The topological polar surface area (TPSA) is 79.3 Å². The Bertz CT molecular complexity index is 724. The van der Waals surface area contributed by atoms with E-state index in [0.717, 1.165) is 17.0 Å². The minimum absolute atomic E-state index is 0.104. The van der Waals surface area contributed by atoms with Crippen molar-refractivity contribution < 1.29 is 13.5 Å². The molecule has 0 amide bonds. The van der Waals surface area contributed by atoms with Gasteiger partial charge < -0.3 is 5.11 Å². The summed E-state index contributed by atoms with van der Waals surface area (Å²) in [5, 5.41) is 9.49. The van der Waals surface area contributed by atoms with Crippen LogP contribution in [0.2, 0.25) is 0 Å². The molecule has 0 saturated carbocycles. The van der Waals surface area contributed by atoms with Gasteiger partial charge in [-0.15, -0.1) is 11.3 Å². The highest BCUT2D eigenvalue weighted by atomic mass is 32.2. The average molecular weight is 326 g/mol. The molecule has 0 radical (unpaired) electrons. The van der Waals surface area contributed by atoms with E-state index in [1.165, 1.54) is 11.3 Å². The molecule has 0 saturated heterocycles. The van der Waals surface area contributed by atoms with Gasteiger partial charge in [0, 0.05) is 4.88 Å². The first-order chi connectivity index (χ1) is 9.93. The average Bonchev–Trinajstić information content (AvgIpc) is 2.77. The van der Waals surface area contributed by atoms with Crippen molar-refractivity contribution in [2.75, 3.05) is 4.72 Å². The van der Waals surface area contributed by atoms with E-state index >= 15 is 0 Å². The third-order valence-electron chi connectivity index (χ3n) is 3.00. The standard InChI is InChI=1S/C14H18N2O3S2/c1-3-13-10(2)20-14(15-13)16-21(18,19)9-12-6-4-5-11(7-12)8-17/h4-7,17H,3,8-9H2,1-2H3,(H,15,16). The molecule has 114 valence electrons. The van der Waals surface area contributed by atoms with Crippen molar-refractivity contribution >= 4 is 26.5 Å². The minimum Gasteiger partial charge on any atom is -0.392 e. The zero-order valence-electron chi connectivity index (χ0n) is 12.0. The fraction of sp³-hybridized carbons (Fsp3) is 0.357. The van der Waals surface area contributed by atoms with Crippen LogP contribution in [-0.4, -0.2) is 18.5 Å². The molecule has 2 N–H and O–H groups in total. The van der Waals surface area contributed by atoms with Crippen molar-refractivity contribution in [3.8, 4) is 0 Å². The summed E-state index contributed by atoms with van der Waals surface area (Å²) in [6, 6.07) is 6.90. The maximum atomic E-state index is 12.2. The Morgan fingerprint density at radius 1 is 1.33 bits per heavy atom. The molecule has 0 atom stereocenters. The highest BCUT2D eigenvalue weighted by Crippen LogP contribution is 2.24. The Kier molecular flexibility index (Phi) is 4.97. The first-order valence-electron chi connectivity index (χ1n) is 6.59. The van der Waals surface area contributed by atoms with Gasteiger partial charge in [-0.1, -0.05) is 31.2 Å². The van der Waals surface area contributed by atoms with Crippen LogP contribution in [0.25, 0.3) is 0 Å². The van der Waals surface area contributed by atoms with Gasteiger partial charge in [0.25, 0.3) is 0 Å². The van der Waals surface area contributed by atoms with Gasteiger partial charge in [-0.25, -0.2) is 13.4 Å². The fourth-order valence-electron chi connectivity index (χ4n) is 2.01. The zero-order valence-corrected chi connectivity index (χ0v) is 13.6. The van der Waals surface area contributed by atoms with Crippen LogP contribution in [0.4, 0.5) is 5.13 Å². The number of rotatable bonds is 6. The summed E-state index contributed by atoms with van der Waals surface area (Å²) in [5.41, 5.74) is 2.25. The summed E-state index contributed by atoms with van der Waals surface area (Å²) in [4.78, 5) is 5.30. The van der Waals surface area contributed by atoms with Crippen LogP contribution in [-0.2, 0) is 28.8 Å². The summed E-state index contributed by atoms with van der Waals surface area (Å²) in [5.74, 6) is -0.138. The number of benzene rings is 1. The van der Waals surface area contributed by atoms with Crippen LogP contribution in [0, 0.1) is 6.92 Å². The smallest absolute Gasteiger partial charge is 0.238 e. The molecule has 2 rings (SSSR count). The number of aromatic nitrogens is 1. The molecule has 0 spiro atoms. The van der Waals surface area contributed by atoms with E-state index < -0.39 is 10.0 Å². The van der Waals surface area contributed by atoms with Crippen molar-refractivity contribution in [3.63, 3.8) is 0 Å². The van der Waals surface area contributed by atoms with Crippen LogP contribution < -0.4 is 4.72 Å². The lowest BCUT2D eigenvalue weighted by Gasteiger charge is -2.06. The van der Waals surface area contributed by atoms with Gasteiger partial charge in [-0.3, -0.25) is 4.72 Å². The number of aliphatic hydroxyl groups excluding tert-OH is 1. The second-order valence-electron chi connectivity index (χ2n) is 4.71. The number of anilines is 1. The number of sulfonamides is 1. The predicted octanol–water partition coefficient (Wildman–Crippen LogP) is 2.45. The van der Waals surface area contributed by atoms with E-state index in [9.17, 15) is 8.42 Å². The van der Waals surface area contributed by atoms with E-state index in [1.807, 2.05) is 13.8 Å². The zero-order chi connectivity index (χ0) is 15.5. The predicted molar refractivity (Wildman–Crippen MR) is 84.8 cm³/mol. The summed E-state index contributed by atoms with van der Waals surface area (Å²) >= 11 is 1.34. The molecule has 0 aliphatic carbocycles. The summed E-state index contributed by atoms with van der Waals surface area (Å²) in [6.45, 7) is 3.81. The SMILES string of the molecule is CCc1nc(NS(=O)(=O)Cc2cccc(CO)c2)sc1C. The van der Waals surface area contributed by atoms with Gasteiger partial charge in [-0.05, 0) is 24.5 Å². The van der Waals surface area contributed by atoms with E-state index in [0.29, 0.717) is 16.3 Å². The molecule has 2 aromatic rings. The highest BCUT2D eigenvalue weighted by molar-refractivity contribution is 7.92. The Balaban J connectivity index is 2.14. The first-order valence-corrected chi connectivity index (χ1v) is 9.06. The number of hydrogen-bond acceptors (Lipinski definition) is 5. The lowest BCUT2D eigenvalue weighted by atomic mass is 10.1. The molecule has 7 heteroatoms. The number of hydrogen-bond donors (Lipinski definition) is 2. The van der Waals surface area contributed by atoms with Crippen molar-refractivity contribution in [1.29, 1.82) is 0 Å². The van der Waals surface area contributed by atoms with E-state index in [4.69, 9.17) is 5.11 Å². The molecular weight excluding hydrogens is 308 g/mol. The molecule has 1 aromatic carbocycles. The Hall–Kier alpha value is -1.44. The number of thiazole rings is 1. The maximum absolute atomic E-state index is 12.2. The minimum atomic E-state index is -3.51. The Labute approximate surface area is 128 Å². The molecule has 0 fully saturated rings. The lowest BCUT2D eigenvalue weighted by molar-refractivity contribution is 0.282. The van der Waals surface area contributed by atoms with E-state index in [2.05, 4.69) is 9.71 Å². The molecule has 0 unspecified atom stereocenters. The number of aliphatic hydroxyl groups is 1. The summed E-state index contributed by atoms with van der Waals surface area (Å²) in [6.07, 6.45) is 0.780. The van der Waals surface area contributed by atoms with Crippen molar-refractivity contribution in [3.05, 3.63) is 46.0 Å². The molecule has 0 aliphatic rings. The van der Waals surface area contributed by atoms with Crippen LogP contribution in [0.5, 0.6) is 0 Å². The molecular formula is C14H18N2O3S2. The summed E-state index contributed by atoms with van der Waals surface area (Å²) in [7, 11) is -3.51. The van der Waals surface area contributed by atoms with Crippen LogP contribution in [0.1, 0.15) is 28.6 Å². The van der Waals surface area contributed by atoms with Crippen molar-refractivity contribution in [1.82, 2.24) is 4.98 Å². The van der Waals surface area contributed by atoms with Gasteiger partial charge in [0.2, 0.25) is 10.0 Å². The highest BCUT2D eigenvalue weighted by Gasteiger charge is 2.15. The van der Waals surface area contributed by atoms with Gasteiger partial charge >= 0.3 is 0 Å². The largest absolute Gasteiger partial charge is 0.392 e. The van der Waals surface area contributed by atoms with Crippen LogP contribution in [0.3, 0.4) is 0 Å². The second kappa shape index (κ2) is 6.55. The van der Waals surface area contributed by atoms with Crippen LogP contribution >= 0.6 is 11.3 Å². The van der Waals surface area contributed by atoms with E-state index in [1.54, 1.807) is 24.3 Å². The normalized spacial score (nSPS) is 11.6. The van der Waals surface area contributed by atoms with Crippen LogP contribution in [0.15, 0.2) is 24.3 Å². The second-order valence-corrected chi connectivity index (χ2v) is 7.64. The third kappa shape index (κ3) is 4.26. The molecule has 21 heavy (non-hydrogen) atoms. The van der Waals surface area contributed by atoms with Gasteiger partial charge in [0.15, 0.2) is 5.13 Å². The number of aryl methyl sites for hydroxylation is 2. The lowest BCUT2D eigenvalue weighted by Crippen LogP contribution is -2.15. The Morgan fingerprint density at radius 2 is 2.05 bits per heavy atom. The third-order valence-corrected chi connectivity index (χ3v) is 5.28. The van der Waals surface area contributed by atoms with Gasteiger partial charge in [-0.2, -0.15) is 0 Å².